The van der Waals surface area contributed by atoms with Gasteiger partial charge in [0, 0.05) is 99.2 Å². The lowest BCUT2D eigenvalue weighted by atomic mass is 10.00. The Morgan fingerprint density at radius 1 is 0.150 bits per heavy atom. The van der Waals surface area contributed by atoms with Crippen LogP contribution >= 0.6 is 0 Å². The Balaban J connectivity index is 0.000000140. The molecule has 0 unspecified atom stereocenters. The minimum Gasteiger partial charge on any atom is -0.309 e. The Hall–Kier alpha value is -16.2. The fraction of sp³-hybridized carbons (Fsp3) is 0. The highest BCUT2D eigenvalue weighted by molar-refractivity contribution is 6.30. The van der Waals surface area contributed by atoms with Gasteiger partial charge in [0.25, 0.3) is 0 Å². The lowest BCUT2D eigenvalue weighted by Gasteiger charge is -2.13. The predicted octanol–water partition coefficient (Wildman–Crippen LogP) is 28.4. The minimum atomic E-state index is 0.635. The fourth-order valence-electron chi connectivity index (χ4n) is 18.3. The molecule has 9 heteroatoms. The first kappa shape index (κ1) is 69.3. The van der Waals surface area contributed by atoms with Gasteiger partial charge in [0.1, 0.15) is 0 Å². The van der Waals surface area contributed by atoms with Gasteiger partial charge in [0.2, 0.25) is 0 Å². The molecule has 0 amide bonds. The van der Waals surface area contributed by atoms with Gasteiger partial charge >= 0.3 is 0 Å². The van der Waals surface area contributed by atoms with Crippen LogP contribution in [-0.4, -0.2) is 43.2 Å². The Morgan fingerprint density at radius 2 is 0.450 bits per heavy atom. The largest absolute Gasteiger partial charge is 0.309 e. The SMILES string of the molecule is c1ccc(-c2cccc(-c3cc(-c4ccccc4)nc(-c4cccc5cc(-n6c7ccccc7c7c8c9ccccc9n(-c9ccccc9)c8ccc76)ccc45)n3)c2)cc1.c1ccc(-c2cccc(-c3nc(-c4ccccc4)nc(-c4cccc5cc(-n6c7ccccc7c7c8c9ccccc9n(-c9ccccc9)c8ccc76)ccc45)n3)c2)cc1. The molecule has 0 aliphatic rings. The lowest BCUT2D eigenvalue weighted by molar-refractivity contribution is 1.08. The maximum Gasteiger partial charge on any atom is 0.164 e. The topological polar surface area (TPSA) is 84.2 Å². The molecule has 0 aliphatic heterocycles. The standard InChI is InChI=1S/C56H36N4.C55H35N5/c1-4-16-37(17-5-1)39-20-14-22-41(34-39)49-36-48(38-18-6-2-7-19-38)57-56(58-49)45-27-15-21-40-35-43(30-31-44(40)45)60-51-29-13-11-26-47(51)55-53(60)33-32-52-54(55)46-25-10-12-28-50(46)59(52)42-23-8-3-9-24-42;1-4-16-36(17-5-1)38-20-14-22-40(34-38)54-56-53(37-18-6-2-7-19-37)57-55(58-54)44-27-15-21-39-35-42(30-31-43(39)44)60-48-29-13-11-26-46(48)52-50(60)33-32-49-51(52)45-25-10-12-28-47(45)59(49)41-23-8-3-9-24-41/h1-36H;1-35H. The van der Waals surface area contributed by atoms with Gasteiger partial charge in [-0.05, 0) is 159 Å². The van der Waals surface area contributed by atoms with Crippen molar-refractivity contribution in [3.05, 3.63) is 431 Å². The predicted molar refractivity (Wildman–Crippen MR) is 498 cm³/mol. The van der Waals surface area contributed by atoms with Gasteiger partial charge in [0.05, 0.1) is 55.5 Å². The third-order valence-electron chi connectivity index (χ3n) is 23.7. The van der Waals surface area contributed by atoms with Crippen molar-refractivity contribution in [1.82, 2.24) is 43.2 Å². The van der Waals surface area contributed by atoms with Crippen LogP contribution in [0, 0.1) is 0 Å². The Morgan fingerprint density at radius 3 is 0.875 bits per heavy atom. The first-order chi connectivity index (χ1) is 59.5. The average Bonchev–Trinajstić information content (AvgIpc) is 1.55. The van der Waals surface area contributed by atoms with E-state index in [4.69, 9.17) is 24.9 Å². The first-order valence-electron chi connectivity index (χ1n) is 40.7. The molecule has 0 saturated heterocycles. The van der Waals surface area contributed by atoms with E-state index in [-0.39, 0.29) is 0 Å². The van der Waals surface area contributed by atoms with Crippen molar-refractivity contribution in [1.29, 1.82) is 0 Å². The van der Waals surface area contributed by atoms with E-state index in [0.29, 0.717) is 23.3 Å². The molecule has 0 fully saturated rings. The number of fused-ring (bicyclic) bond motifs is 16. The summed E-state index contributed by atoms with van der Waals surface area (Å²) in [5, 5.41) is 14.4. The molecule has 560 valence electrons. The second-order valence-electron chi connectivity index (χ2n) is 30.6. The average molecular weight is 1530 g/mol. The molecule has 0 N–H and O–H groups in total. The fourth-order valence-corrected chi connectivity index (χ4v) is 18.3. The summed E-state index contributed by atoms with van der Waals surface area (Å²) in [6.07, 6.45) is 0. The van der Waals surface area contributed by atoms with Gasteiger partial charge in [-0.25, -0.2) is 24.9 Å². The van der Waals surface area contributed by atoms with Gasteiger partial charge in [-0.3, -0.25) is 0 Å². The highest BCUT2D eigenvalue weighted by Gasteiger charge is 2.25. The second-order valence-corrected chi connectivity index (χ2v) is 30.6. The maximum atomic E-state index is 5.30. The summed E-state index contributed by atoms with van der Waals surface area (Å²) < 4.78 is 9.63. The van der Waals surface area contributed by atoms with E-state index in [1.54, 1.807) is 0 Å². The summed E-state index contributed by atoms with van der Waals surface area (Å²) in [5.41, 5.74) is 26.3. The van der Waals surface area contributed by atoms with Crippen molar-refractivity contribution in [3.8, 4) is 113 Å². The third kappa shape index (κ3) is 11.8. The van der Waals surface area contributed by atoms with Crippen molar-refractivity contribution in [2.45, 2.75) is 0 Å². The zero-order chi connectivity index (χ0) is 79.1. The number of hydrogen-bond donors (Lipinski definition) is 0. The monoisotopic (exact) mass is 1530 g/mol. The number of benzene rings is 18. The highest BCUT2D eigenvalue weighted by atomic mass is 15.0. The lowest BCUT2D eigenvalue weighted by Crippen LogP contribution is -2.01. The van der Waals surface area contributed by atoms with E-state index < -0.39 is 0 Å². The minimum absolute atomic E-state index is 0.635. The molecule has 18 aromatic carbocycles. The molecule has 0 bridgehead atoms. The van der Waals surface area contributed by atoms with Gasteiger partial charge in [-0.15, -0.1) is 0 Å². The van der Waals surface area contributed by atoms with Crippen LogP contribution in [0.1, 0.15) is 0 Å². The van der Waals surface area contributed by atoms with E-state index in [2.05, 4.69) is 419 Å². The van der Waals surface area contributed by atoms with Gasteiger partial charge in [-0.1, -0.05) is 315 Å². The van der Waals surface area contributed by atoms with Crippen LogP contribution in [0.3, 0.4) is 0 Å². The van der Waals surface area contributed by atoms with Crippen LogP contribution in [0.25, 0.3) is 222 Å². The molecule has 24 aromatic rings. The molecule has 6 aromatic heterocycles. The Kier molecular flexibility index (Phi) is 16.7. The number of nitrogens with zero attached hydrogens (tertiary/aromatic N) is 9. The Labute approximate surface area is 691 Å². The molecule has 0 spiro atoms. The van der Waals surface area contributed by atoms with Crippen molar-refractivity contribution in [2.24, 2.45) is 0 Å². The molecule has 9 nitrogen and oxygen atoms in total. The number of para-hydroxylation sites is 6. The molecule has 120 heavy (non-hydrogen) atoms. The smallest absolute Gasteiger partial charge is 0.164 e. The molecule has 0 aliphatic carbocycles. The number of aromatic nitrogens is 9. The summed E-state index contributed by atoms with van der Waals surface area (Å²) in [5.74, 6) is 2.61. The molecular weight excluding hydrogens is 1460 g/mol. The Bertz CT molecular complexity index is 7650. The summed E-state index contributed by atoms with van der Waals surface area (Å²) in [6.45, 7) is 0. The maximum absolute atomic E-state index is 5.30. The molecule has 0 atom stereocenters. The molecule has 0 saturated carbocycles. The van der Waals surface area contributed by atoms with Crippen LogP contribution in [0.2, 0.25) is 0 Å². The number of hydrogen-bond acceptors (Lipinski definition) is 5. The van der Waals surface area contributed by atoms with Crippen LogP contribution in [-0.2, 0) is 0 Å². The van der Waals surface area contributed by atoms with E-state index in [1.165, 1.54) is 92.8 Å². The summed E-state index contributed by atoms with van der Waals surface area (Å²) in [4.78, 5) is 25.9. The van der Waals surface area contributed by atoms with Gasteiger partial charge in [0.15, 0.2) is 23.3 Å². The van der Waals surface area contributed by atoms with E-state index in [9.17, 15) is 0 Å². The number of rotatable bonds is 12. The van der Waals surface area contributed by atoms with E-state index >= 15 is 0 Å². The molecule has 0 radical (unpaired) electrons. The molecule has 24 rings (SSSR count). The summed E-state index contributed by atoms with van der Waals surface area (Å²) >= 11 is 0. The first-order valence-corrected chi connectivity index (χ1v) is 40.7. The normalized spacial score (nSPS) is 11.7. The van der Waals surface area contributed by atoms with Crippen molar-refractivity contribution in [2.75, 3.05) is 0 Å². The van der Waals surface area contributed by atoms with Crippen LogP contribution in [0.5, 0.6) is 0 Å². The third-order valence-corrected chi connectivity index (χ3v) is 23.7. The van der Waals surface area contributed by atoms with Crippen LogP contribution in [0.4, 0.5) is 0 Å². The van der Waals surface area contributed by atoms with Gasteiger partial charge in [-0.2, -0.15) is 0 Å². The van der Waals surface area contributed by atoms with Gasteiger partial charge < -0.3 is 18.3 Å². The van der Waals surface area contributed by atoms with Crippen LogP contribution in [0.15, 0.2) is 431 Å². The zero-order valence-corrected chi connectivity index (χ0v) is 65.0. The van der Waals surface area contributed by atoms with Crippen molar-refractivity contribution >= 4 is 109 Å². The van der Waals surface area contributed by atoms with Crippen molar-refractivity contribution < 1.29 is 0 Å². The van der Waals surface area contributed by atoms with E-state index in [1.807, 2.05) is 30.3 Å². The quantitative estimate of drug-likeness (QED) is 0.122. The molecule has 6 heterocycles. The van der Waals surface area contributed by atoms with Crippen LogP contribution < -0.4 is 0 Å². The molecular formula is C111H71N9. The van der Waals surface area contributed by atoms with Crippen molar-refractivity contribution in [3.63, 3.8) is 0 Å². The highest BCUT2D eigenvalue weighted by Crippen LogP contribution is 2.47. The summed E-state index contributed by atoms with van der Waals surface area (Å²) in [7, 11) is 0. The van der Waals surface area contributed by atoms with E-state index in [0.717, 1.165) is 106 Å². The zero-order valence-electron chi connectivity index (χ0n) is 65.0. The second kappa shape index (κ2) is 28.9. The summed E-state index contributed by atoms with van der Waals surface area (Å²) in [6, 6.07) is 153.